The number of rotatable bonds is 8. The van der Waals surface area contributed by atoms with E-state index in [1.54, 1.807) is 44.6 Å². The molecule has 0 unspecified atom stereocenters. The summed E-state index contributed by atoms with van der Waals surface area (Å²) in [5, 5.41) is 2.84. The summed E-state index contributed by atoms with van der Waals surface area (Å²) in [4.78, 5) is 12.6. The molecular formula is C19H23NO5. The van der Waals surface area contributed by atoms with Crippen molar-refractivity contribution in [1.82, 2.24) is 0 Å². The number of hydrogen-bond donors (Lipinski definition) is 1. The fourth-order valence-corrected chi connectivity index (χ4v) is 2.28. The lowest BCUT2D eigenvalue weighted by Gasteiger charge is -2.19. The number of nitrogens with one attached hydrogen (secondary N) is 1. The van der Waals surface area contributed by atoms with Crippen molar-refractivity contribution < 1.29 is 23.7 Å². The van der Waals surface area contributed by atoms with Crippen LogP contribution in [-0.4, -0.2) is 33.3 Å². The van der Waals surface area contributed by atoms with Crippen LogP contribution in [0.5, 0.6) is 23.0 Å². The maximum absolute atomic E-state index is 12.6. The Morgan fingerprint density at radius 3 is 2.28 bits per heavy atom. The van der Waals surface area contributed by atoms with Crippen LogP contribution in [0.15, 0.2) is 42.5 Å². The second-order valence-corrected chi connectivity index (χ2v) is 5.25. The summed E-state index contributed by atoms with van der Waals surface area (Å²) in [7, 11) is 4.69. The van der Waals surface area contributed by atoms with Gasteiger partial charge in [0, 0.05) is 12.1 Å². The molecule has 0 saturated carbocycles. The van der Waals surface area contributed by atoms with Crippen LogP contribution in [0.2, 0.25) is 0 Å². The van der Waals surface area contributed by atoms with Gasteiger partial charge in [0.25, 0.3) is 5.91 Å². The summed E-state index contributed by atoms with van der Waals surface area (Å²) < 4.78 is 21.4. The third-order valence-corrected chi connectivity index (χ3v) is 3.65. The van der Waals surface area contributed by atoms with Gasteiger partial charge in [-0.15, -0.1) is 0 Å². The molecule has 2 rings (SSSR count). The third kappa shape index (κ3) is 4.79. The van der Waals surface area contributed by atoms with E-state index in [-0.39, 0.29) is 5.91 Å². The summed E-state index contributed by atoms with van der Waals surface area (Å²) in [6.07, 6.45) is -0.125. The molecule has 134 valence electrons. The molecule has 0 aliphatic carbocycles. The number of carbonyl (C=O) groups is 1. The van der Waals surface area contributed by atoms with Crippen molar-refractivity contribution in [2.24, 2.45) is 0 Å². The lowest BCUT2D eigenvalue weighted by atomic mass is 10.2. The monoisotopic (exact) mass is 345 g/mol. The lowest BCUT2D eigenvalue weighted by molar-refractivity contribution is -0.122. The number of anilines is 1. The molecule has 1 N–H and O–H groups in total. The average molecular weight is 345 g/mol. The molecule has 1 atom stereocenters. The number of methoxy groups -OCH3 is 3. The summed E-state index contributed by atoms with van der Waals surface area (Å²) in [6, 6.07) is 12.3. The van der Waals surface area contributed by atoms with Crippen LogP contribution in [0.4, 0.5) is 5.69 Å². The van der Waals surface area contributed by atoms with Gasteiger partial charge in [0.05, 0.1) is 27.0 Å². The lowest BCUT2D eigenvalue weighted by Crippen LogP contribution is -2.32. The quantitative estimate of drug-likeness (QED) is 0.793. The zero-order valence-corrected chi connectivity index (χ0v) is 14.9. The van der Waals surface area contributed by atoms with Gasteiger partial charge >= 0.3 is 0 Å². The fraction of sp³-hybridized carbons (Fsp3) is 0.316. The highest BCUT2D eigenvalue weighted by atomic mass is 16.5. The van der Waals surface area contributed by atoms with Crippen molar-refractivity contribution in [2.45, 2.75) is 19.4 Å². The van der Waals surface area contributed by atoms with E-state index in [1.807, 2.05) is 19.1 Å². The van der Waals surface area contributed by atoms with E-state index in [0.29, 0.717) is 35.1 Å². The number of amides is 1. The molecule has 0 aliphatic heterocycles. The molecule has 0 radical (unpaired) electrons. The van der Waals surface area contributed by atoms with Crippen LogP contribution in [-0.2, 0) is 4.79 Å². The first kappa shape index (κ1) is 18.4. The first-order valence-corrected chi connectivity index (χ1v) is 7.94. The summed E-state index contributed by atoms with van der Waals surface area (Å²) >= 11 is 0. The number of ether oxygens (including phenoxy) is 4. The molecule has 1 amide bonds. The van der Waals surface area contributed by atoms with E-state index in [9.17, 15) is 4.79 Å². The molecule has 0 saturated heterocycles. The second kappa shape index (κ2) is 8.82. The molecule has 2 aromatic rings. The normalized spacial score (nSPS) is 11.4. The second-order valence-electron chi connectivity index (χ2n) is 5.25. The molecule has 0 aromatic heterocycles. The van der Waals surface area contributed by atoms with Crippen LogP contribution >= 0.6 is 0 Å². The molecule has 0 fully saturated rings. The van der Waals surface area contributed by atoms with Gasteiger partial charge in [0.15, 0.2) is 6.10 Å². The fourth-order valence-electron chi connectivity index (χ4n) is 2.28. The van der Waals surface area contributed by atoms with Gasteiger partial charge < -0.3 is 24.3 Å². The molecule has 0 spiro atoms. The van der Waals surface area contributed by atoms with Gasteiger partial charge in [-0.1, -0.05) is 13.0 Å². The molecule has 25 heavy (non-hydrogen) atoms. The van der Waals surface area contributed by atoms with Gasteiger partial charge in [0.2, 0.25) is 0 Å². The van der Waals surface area contributed by atoms with Crippen LogP contribution in [0, 0.1) is 0 Å². The van der Waals surface area contributed by atoms with E-state index >= 15 is 0 Å². The first-order valence-electron chi connectivity index (χ1n) is 7.94. The van der Waals surface area contributed by atoms with E-state index < -0.39 is 6.10 Å². The van der Waals surface area contributed by atoms with Crippen molar-refractivity contribution in [3.05, 3.63) is 42.5 Å². The third-order valence-electron chi connectivity index (χ3n) is 3.65. The zero-order valence-electron chi connectivity index (χ0n) is 14.9. The van der Waals surface area contributed by atoms with E-state index in [1.165, 1.54) is 7.11 Å². The highest BCUT2D eigenvalue weighted by Gasteiger charge is 2.20. The SMILES string of the molecule is CC[C@@H](Oc1cccc(OC)c1)C(=O)Nc1ccc(OC)cc1OC. The van der Waals surface area contributed by atoms with Crippen molar-refractivity contribution in [1.29, 1.82) is 0 Å². The molecule has 0 bridgehead atoms. The summed E-state index contributed by atoms with van der Waals surface area (Å²) in [6.45, 7) is 1.88. The van der Waals surface area contributed by atoms with Crippen LogP contribution in [0.3, 0.4) is 0 Å². The summed E-state index contributed by atoms with van der Waals surface area (Å²) in [5.41, 5.74) is 0.556. The maximum atomic E-state index is 12.6. The van der Waals surface area contributed by atoms with Gasteiger partial charge in [-0.3, -0.25) is 4.79 Å². The minimum Gasteiger partial charge on any atom is -0.497 e. The standard InChI is InChI=1S/C19H23NO5/c1-5-17(25-15-8-6-7-13(11-15)22-2)19(21)20-16-10-9-14(23-3)12-18(16)24-4/h6-12,17H,5H2,1-4H3,(H,20,21)/t17-/m1/s1. The Labute approximate surface area is 147 Å². The van der Waals surface area contributed by atoms with Crippen LogP contribution in [0.25, 0.3) is 0 Å². The highest BCUT2D eigenvalue weighted by molar-refractivity contribution is 5.95. The minimum absolute atomic E-state index is 0.256. The Bertz CT molecular complexity index is 717. The molecular weight excluding hydrogens is 322 g/mol. The number of carbonyl (C=O) groups excluding carboxylic acids is 1. The predicted molar refractivity (Wildman–Crippen MR) is 95.9 cm³/mol. The Hall–Kier alpha value is -2.89. The Morgan fingerprint density at radius 2 is 1.64 bits per heavy atom. The Morgan fingerprint density at radius 1 is 0.960 bits per heavy atom. The van der Waals surface area contributed by atoms with E-state index in [2.05, 4.69) is 5.32 Å². The topological polar surface area (TPSA) is 66.0 Å². The predicted octanol–water partition coefficient (Wildman–Crippen LogP) is 3.51. The van der Waals surface area contributed by atoms with Crippen molar-refractivity contribution >= 4 is 11.6 Å². The maximum Gasteiger partial charge on any atom is 0.265 e. The molecule has 6 nitrogen and oxygen atoms in total. The summed E-state index contributed by atoms with van der Waals surface area (Å²) in [5.74, 6) is 2.15. The molecule has 2 aromatic carbocycles. The zero-order chi connectivity index (χ0) is 18.2. The van der Waals surface area contributed by atoms with Gasteiger partial charge in [-0.05, 0) is 30.7 Å². The van der Waals surface area contributed by atoms with Crippen molar-refractivity contribution in [3.63, 3.8) is 0 Å². The first-order chi connectivity index (χ1) is 12.1. The van der Waals surface area contributed by atoms with Crippen LogP contribution < -0.4 is 24.3 Å². The Kier molecular flexibility index (Phi) is 6.51. The minimum atomic E-state index is -0.640. The average Bonchev–Trinajstić information content (AvgIpc) is 2.66. The van der Waals surface area contributed by atoms with Gasteiger partial charge in [0.1, 0.15) is 23.0 Å². The Balaban J connectivity index is 2.11. The number of benzene rings is 2. The van der Waals surface area contributed by atoms with Gasteiger partial charge in [-0.2, -0.15) is 0 Å². The highest BCUT2D eigenvalue weighted by Crippen LogP contribution is 2.29. The van der Waals surface area contributed by atoms with Crippen molar-refractivity contribution in [3.8, 4) is 23.0 Å². The molecule has 0 aliphatic rings. The van der Waals surface area contributed by atoms with E-state index in [0.717, 1.165) is 0 Å². The smallest absolute Gasteiger partial charge is 0.265 e. The van der Waals surface area contributed by atoms with Crippen LogP contribution in [0.1, 0.15) is 13.3 Å². The van der Waals surface area contributed by atoms with Crippen molar-refractivity contribution in [2.75, 3.05) is 26.6 Å². The number of hydrogen-bond acceptors (Lipinski definition) is 5. The molecule has 0 heterocycles. The van der Waals surface area contributed by atoms with Gasteiger partial charge in [-0.25, -0.2) is 0 Å². The largest absolute Gasteiger partial charge is 0.497 e. The molecule has 6 heteroatoms. The van der Waals surface area contributed by atoms with E-state index in [4.69, 9.17) is 18.9 Å².